The normalized spacial score (nSPS) is 17.1. The summed E-state index contributed by atoms with van der Waals surface area (Å²) < 4.78 is 16.0. The van der Waals surface area contributed by atoms with Gasteiger partial charge in [0.05, 0.1) is 16.7 Å². The molecule has 2 aliphatic rings. The van der Waals surface area contributed by atoms with E-state index in [-0.39, 0.29) is 5.82 Å². The van der Waals surface area contributed by atoms with Crippen molar-refractivity contribution in [3.63, 3.8) is 0 Å². The van der Waals surface area contributed by atoms with Gasteiger partial charge in [-0.3, -0.25) is 10.7 Å². The lowest BCUT2D eigenvalue weighted by Crippen LogP contribution is -2.15. The lowest BCUT2D eigenvalue weighted by atomic mass is 9.88. The number of aromatic nitrogens is 2. The first-order chi connectivity index (χ1) is 14.7. The SMILES string of the molecule is ONC(=C1CCC1)c1ccc(Nc2nc3cc(F)ccc3n2C2CCCCC2)cc1. The van der Waals surface area contributed by atoms with Crippen LogP contribution in [0.4, 0.5) is 16.0 Å². The molecular weight excluding hydrogens is 379 g/mol. The molecule has 3 aromatic rings. The van der Waals surface area contributed by atoms with Crippen molar-refractivity contribution in [2.45, 2.75) is 57.4 Å². The van der Waals surface area contributed by atoms with Crippen molar-refractivity contribution >= 4 is 28.4 Å². The summed E-state index contributed by atoms with van der Waals surface area (Å²) in [6.07, 6.45) is 9.19. The van der Waals surface area contributed by atoms with Crippen LogP contribution in [0.3, 0.4) is 0 Å². The summed E-state index contributed by atoms with van der Waals surface area (Å²) >= 11 is 0. The maximum atomic E-state index is 13.8. The Balaban J connectivity index is 1.47. The fraction of sp³-hybridized carbons (Fsp3) is 0.375. The van der Waals surface area contributed by atoms with Crippen molar-refractivity contribution in [3.05, 3.63) is 59.4 Å². The molecule has 0 atom stereocenters. The third-order valence-electron chi connectivity index (χ3n) is 6.44. The van der Waals surface area contributed by atoms with E-state index in [0.717, 1.165) is 54.1 Å². The van der Waals surface area contributed by atoms with E-state index in [9.17, 15) is 9.60 Å². The van der Waals surface area contributed by atoms with Crippen molar-refractivity contribution in [2.24, 2.45) is 0 Å². The molecule has 0 aliphatic heterocycles. The first-order valence-electron chi connectivity index (χ1n) is 10.9. The maximum absolute atomic E-state index is 13.8. The Morgan fingerprint density at radius 2 is 1.77 bits per heavy atom. The molecule has 2 saturated carbocycles. The van der Waals surface area contributed by atoms with Crippen LogP contribution in [0.15, 0.2) is 48.0 Å². The number of allylic oxidation sites excluding steroid dienone is 1. The number of nitrogens with one attached hydrogen (secondary N) is 2. The second-order valence-corrected chi connectivity index (χ2v) is 8.38. The minimum Gasteiger partial charge on any atom is -0.326 e. The molecule has 2 fully saturated rings. The van der Waals surface area contributed by atoms with E-state index in [1.54, 1.807) is 0 Å². The van der Waals surface area contributed by atoms with E-state index in [1.165, 1.54) is 43.4 Å². The molecule has 0 bridgehead atoms. The Labute approximate surface area is 175 Å². The van der Waals surface area contributed by atoms with Gasteiger partial charge in [-0.05, 0) is 67.5 Å². The van der Waals surface area contributed by atoms with Gasteiger partial charge in [0, 0.05) is 17.8 Å². The molecule has 2 aromatic carbocycles. The van der Waals surface area contributed by atoms with Crippen LogP contribution in [-0.2, 0) is 0 Å². The van der Waals surface area contributed by atoms with Gasteiger partial charge in [-0.25, -0.2) is 9.37 Å². The molecule has 3 N–H and O–H groups in total. The Morgan fingerprint density at radius 1 is 1.00 bits per heavy atom. The zero-order valence-corrected chi connectivity index (χ0v) is 17.0. The van der Waals surface area contributed by atoms with Crippen molar-refractivity contribution in [1.29, 1.82) is 0 Å². The smallest absolute Gasteiger partial charge is 0.208 e. The van der Waals surface area contributed by atoms with Gasteiger partial charge >= 0.3 is 0 Å². The Morgan fingerprint density at radius 3 is 2.43 bits per heavy atom. The van der Waals surface area contributed by atoms with Gasteiger partial charge in [0.15, 0.2) is 0 Å². The number of nitrogens with zero attached hydrogens (tertiary/aromatic N) is 2. The van der Waals surface area contributed by atoms with Gasteiger partial charge in [0.2, 0.25) is 5.95 Å². The predicted octanol–water partition coefficient (Wildman–Crippen LogP) is 6.30. The number of rotatable bonds is 5. The number of fused-ring (bicyclic) bond motifs is 1. The molecule has 2 aliphatic carbocycles. The number of imidazole rings is 1. The first-order valence-corrected chi connectivity index (χ1v) is 10.9. The Bertz CT molecular complexity index is 1070. The molecule has 0 spiro atoms. The number of hydrogen-bond donors (Lipinski definition) is 3. The Kier molecular flexibility index (Phi) is 5.17. The van der Waals surface area contributed by atoms with Crippen molar-refractivity contribution in [3.8, 4) is 0 Å². The molecule has 0 amide bonds. The average molecular weight is 407 g/mol. The highest BCUT2D eigenvalue weighted by Gasteiger charge is 2.22. The summed E-state index contributed by atoms with van der Waals surface area (Å²) in [6.45, 7) is 0. The molecule has 1 aromatic heterocycles. The van der Waals surface area contributed by atoms with Gasteiger partial charge < -0.3 is 9.88 Å². The van der Waals surface area contributed by atoms with Crippen LogP contribution < -0.4 is 10.8 Å². The second-order valence-electron chi connectivity index (χ2n) is 8.38. The fourth-order valence-corrected chi connectivity index (χ4v) is 4.67. The van der Waals surface area contributed by atoms with Crippen molar-refractivity contribution < 1.29 is 9.60 Å². The summed E-state index contributed by atoms with van der Waals surface area (Å²) in [7, 11) is 0. The zero-order valence-electron chi connectivity index (χ0n) is 17.0. The lowest BCUT2D eigenvalue weighted by molar-refractivity contribution is 0.222. The average Bonchev–Trinajstić information content (AvgIpc) is 3.08. The van der Waals surface area contributed by atoms with Gasteiger partial charge in [-0.2, -0.15) is 0 Å². The fourth-order valence-electron chi connectivity index (χ4n) is 4.67. The molecule has 30 heavy (non-hydrogen) atoms. The monoisotopic (exact) mass is 406 g/mol. The van der Waals surface area contributed by atoms with Gasteiger partial charge in [-0.1, -0.05) is 31.4 Å². The van der Waals surface area contributed by atoms with Crippen LogP contribution in [0.1, 0.15) is 63.0 Å². The van der Waals surface area contributed by atoms with Crippen LogP contribution in [0.2, 0.25) is 0 Å². The van der Waals surface area contributed by atoms with Gasteiger partial charge in [0.1, 0.15) is 5.82 Å². The molecule has 6 heteroatoms. The summed E-state index contributed by atoms with van der Waals surface area (Å²) in [6, 6.07) is 13.2. The number of benzene rings is 2. The predicted molar refractivity (Wildman–Crippen MR) is 117 cm³/mol. The van der Waals surface area contributed by atoms with Crippen molar-refractivity contribution in [1.82, 2.24) is 15.0 Å². The third kappa shape index (κ3) is 3.56. The lowest BCUT2D eigenvalue weighted by Gasteiger charge is -2.25. The van der Waals surface area contributed by atoms with Crippen LogP contribution in [0.5, 0.6) is 0 Å². The molecule has 5 rings (SSSR count). The molecule has 0 unspecified atom stereocenters. The molecule has 0 radical (unpaired) electrons. The molecular formula is C24H27FN4O. The van der Waals surface area contributed by atoms with E-state index in [1.807, 2.05) is 30.3 Å². The van der Waals surface area contributed by atoms with Crippen LogP contribution in [0.25, 0.3) is 16.7 Å². The van der Waals surface area contributed by atoms with Gasteiger partial charge in [-0.15, -0.1) is 0 Å². The molecule has 5 nitrogen and oxygen atoms in total. The molecule has 1 heterocycles. The van der Waals surface area contributed by atoms with Gasteiger partial charge in [0.25, 0.3) is 0 Å². The summed E-state index contributed by atoms with van der Waals surface area (Å²) in [5.41, 5.74) is 8.00. The minimum absolute atomic E-state index is 0.264. The number of hydroxylamine groups is 1. The van der Waals surface area contributed by atoms with E-state index in [0.29, 0.717) is 11.6 Å². The number of hydrogen-bond acceptors (Lipinski definition) is 4. The van der Waals surface area contributed by atoms with E-state index >= 15 is 0 Å². The topological polar surface area (TPSA) is 62.1 Å². The zero-order chi connectivity index (χ0) is 20.5. The molecule has 156 valence electrons. The standard InChI is InChI=1S/C24H27FN4O/c25-18-11-14-22-21(15-18)27-24(29(22)20-7-2-1-3-8-20)26-19-12-9-17(10-13-19)23(28-30)16-5-4-6-16/h9-15,20,28,30H,1-8H2,(H,26,27). The van der Waals surface area contributed by atoms with Crippen LogP contribution in [-0.4, -0.2) is 14.8 Å². The quantitative estimate of drug-likeness (QED) is 0.435. The highest BCUT2D eigenvalue weighted by molar-refractivity contribution is 5.80. The number of halogens is 1. The first kappa shape index (κ1) is 19.1. The second kappa shape index (κ2) is 8.11. The molecule has 0 saturated heterocycles. The summed E-state index contributed by atoms with van der Waals surface area (Å²) in [5, 5.41) is 13.0. The van der Waals surface area contributed by atoms with E-state index in [2.05, 4.69) is 15.4 Å². The van der Waals surface area contributed by atoms with Crippen LogP contribution in [0, 0.1) is 5.82 Å². The van der Waals surface area contributed by atoms with E-state index < -0.39 is 0 Å². The summed E-state index contributed by atoms with van der Waals surface area (Å²) in [4.78, 5) is 4.72. The minimum atomic E-state index is -0.264. The van der Waals surface area contributed by atoms with E-state index in [4.69, 9.17) is 4.98 Å². The highest BCUT2D eigenvalue weighted by atomic mass is 19.1. The maximum Gasteiger partial charge on any atom is 0.208 e. The van der Waals surface area contributed by atoms with Crippen LogP contribution >= 0.6 is 0 Å². The summed E-state index contributed by atoms with van der Waals surface area (Å²) in [5.74, 6) is 0.493. The largest absolute Gasteiger partial charge is 0.326 e. The Hall–Kier alpha value is -2.86. The third-order valence-corrected chi connectivity index (χ3v) is 6.44. The number of anilines is 2. The van der Waals surface area contributed by atoms with Crippen molar-refractivity contribution in [2.75, 3.05) is 5.32 Å². The highest BCUT2D eigenvalue weighted by Crippen LogP contribution is 2.36.